The molecular weight excluding hydrogens is 360 g/mol. The molecule has 0 saturated carbocycles. The molecule has 0 aliphatic carbocycles. The number of aliphatic hydroxyl groups excluding tert-OH is 1. The highest BCUT2D eigenvalue weighted by Crippen LogP contribution is 2.28. The minimum atomic E-state index is -0.597. The molecule has 2 aliphatic heterocycles. The van der Waals surface area contributed by atoms with Crippen LogP contribution >= 0.6 is 0 Å². The van der Waals surface area contributed by atoms with Gasteiger partial charge >= 0.3 is 0 Å². The highest BCUT2D eigenvalue weighted by Gasteiger charge is 2.38. The third-order valence-corrected chi connectivity index (χ3v) is 5.41. The fourth-order valence-electron chi connectivity index (χ4n) is 3.79. The molecule has 0 spiro atoms. The molecule has 1 aromatic carbocycles. The second-order valence-corrected chi connectivity index (χ2v) is 7.44. The number of nitrogens with zero attached hydrogens (tertiary/aromatic N) is 1. The van der Waals surface area contributed by atoms with Crippen molar-refractivity contribution in [1.29, 1.82) is 0 Å². The molecule has 1 aromatic rings. The van der Waals surface area contributed by atoms with E-state index in [-0.39, 0.29) is 30.9 Å². The van der Waals surface area contributed by atoms with Crippen LogP contribution in [0.25, 0.3) is 0 Å². The van der Waals surface area contributed by atoms with Crippen molar-refractivity contribution < 1.29 is 19.5 Å². The number of imide groups is 1. The first-order chi connectivity index (χ1) is 13.5. The number of piperidine rings is 1. The van der Waals surface area contributed by atoms with Gasteiger partial charge in [0, 0.05) is 31.1 Å². The van der Waals surface area contributed by atoms with Gasteiger partial charge in [0.05, 0.1) is 6.61 Å². The Morgan fingerprint density at radius 1 is 1.29 bits per heavy atom. The van der Waals surface area contributed by atoms with Gasteiger partial charge in [0.1, 0.15) is 6.04 Å². The minimum Gasteiger partial charge on any atom is -0.395 e. The first kappa shape index (κ1) is 20.4. The van der Waals surface area contributed by atoms with Gasteiger partial charge in [-0.05, 0) is 43.0 Å². The molecule has 2 heterocycles. The number of unbranched alkanes of at least 4 members (excludes halogenated alkanes) is 1. The van der Waals surface area contributed by atoms with Crippen LogP contribution in [0.4, 0.5) is 0 Å². The molecule has 2 atom stereocenters. The monoisotopic (exact) mass is 388 g/mol. The Morgan fingerprint density at radius 2 is 2.11 bits per heavy atom. The van der Waals surface area contributed by atoms with Gasteiger partial charge in [-0.15, -0.1) is 0 Å². The summed E-state index contributed by atoms with van der Waals surface area (Å²) in [5, 5.41) is 15.2. The zero-order chi connectivity index (χ0) is 20.1. The Morgan fingerprint density at radius 3 is 2.82 bits per heavy atom. The second kappa shape index (κ2) is 9.27. The van der Waals surface area contributed by atoms with Gasteiger partial charge in [-0.1, -0.05) is 18.6 Å². The molecule has 5 N–H and O–H groups in total. The van der Waals surface area contributed by atoms with Crippen molar-refractivity contribution in [2.45, 2.75) is 57.3 Å². The number of amides is 3. The molecule has 3 amide bonds. The summed E-state index contributed by atoms with van der Waals surface area (Å²) in [7, 11) is 0. The Balaban J connectivity index is 1.61. The number of nitrogens with two attached hydrogens (primary N) is 1. The van der Waals surface area contributed by atoms with Crippen LogP contribution in [0.5, 0.6) is 0 Å². The summed E-state index contributed by atoms with van der Waals surface area (Å²) in [5.41, 5.74) is 8.02. The van der Waals surface area contributed by atoms with Gasteiger partial charge in [-0.3, -0.25) is 19.7 Å². The van der Waals surface area contributed by atoms with Crippen LogP contribution in [0.3, 0.4) is 0 Å². The molecule has 8 nitrogen and oxygen atoms in total. The van der Waals surface area contributed by atoms with E-state index in [1.54, 1.807) is 11.0 Å². The highest BCUT2D eigenvalue weighted by atomic mass is 16.3. The summed E-state index contributed by atoms with van der Waals surface area (Å²) >= 11 is 0. The Kier molecular flexibility index (Phi) is 6.77. The fourth-order valence-corrected chi connectivity index (χ4v) is 3.79. The molecule has 8 heteroatoms. The van der Waals surface area contributed by atoms with Gasteiger partial charge in [-0.25, -0.2) is 0 Å². The number of hydrogen-bond acceptors (Lipinski definition) is 6. The fraction of sp³-hybridized carbons (Fsp3) is 0.550. The van der Waals surface area contributed by atoms with Crippen LogP contribution in [0, 0.1) is 0 Å². The lowest BCUT2D eigenvalue weighted by Gasteiger charge is -2.29. The number of nitrogens with one attached hydrogen (secondary N) is 2. The molecule has 1 unspecified atom stereocenters. The number of carbonyl (C=O) groups is 3. The summed E-state index contributed by atoms with van der Waals surface area (Å²) in [6, 6.07) is 5.08. The van der Waals surface area contributed by atoms with Crippen molar-refractivity contribution in [3.05, 3.63) is 34.9 Å². The maximum atomic E-state index is 12.7. The van der Waals surface area contributed by atoms with Crippen LogP contribution in [-0.2, 0) is 22.7 Å². The normalized spacial score (nSPS) is 20.3. The van der Waals surface area contributed by atoms with E-state index in [4.69, 9.17) is 5.73 Å². The summed E-state index contributed by atoms with van der Waals surface area (Å²) in [4.78, 5) is 37.7. The molecule has 28 heavy (non-hydrogen) atoms. The Labute approximate surface area is 164 Å². The molecule has 152 valence electrons. The lowest BCUT2D eigenvalue weighted by atomic mass is 10.0. The van der Waals surface area contributed by atoms with Gasteiger partial charge < -0.3 is 21.1 Å². The summed E-state index contributed by atoms with van der Waals surface area (Å²) in [6.45, 7) is 1.68. The number of hydrogen-bond donors (Lipinski definition) is 4. The standard InChI is InChI=1S/C20H28N4O4/c21-8-2-1-3-15(12-25)22-10-13-4-5-16-14(9-13)11-24(20(16)28)17-6-7-18(26)23-19(17)27/h4-5,9,15,17,22,25H,1-3,6-8,10-12,21H2,(H,23,26,27)/t15-,17?/m0/s1. The number of rotatable bonds is 9. The van der Waals surface area contributed by atoms with Gasteiger partial charge in [0.2, 0.25) is 11.8 Å². The van der Waals surface area contributed by atoms with Crippen molar-refractivity contribution in [3.63, 3.8) is 0 Å². The predicted molar refractivity (Wildman–Crippen MR) is 103 cm³/mol. The minimum absolute atomic E-state index is 0.0152. The van der Waals surface area contributed by atoms with E-state index in [1.807, 2.05) is 12.1 Å². The SMILES string of the molecule is NCCCC[C@@H](CO)NCc1ccc2c(c1)CN(C1CCC(=O)NC1=O)C2=O. The van der Waals surface area contributed by atoms with Crippen LogP contribution in [0.2, 0.25) is 0 Å². The van der Waals surface area contributed by atoms with E-state index in [9.17, 15) is 19.5 Å². The summed E-state index contributed by atoms with van der Waals surface area (Å²) in [6.07, 6.45) is 3.38. The van der Waals surface area contributed by atoms with Crippen LogP contribution < -0.4 is 16.4 Å². The zero-order valence-corrected chi connectivity index (χ0v) is 15.9. The number of fused-ring (bicyclic) bond motifs is 1. The van der Waals surface area contributed by atoms with E-state index in [2.05, 4.69) is 10.6 Å². The van der Waals surface area contributed by atoms with Gasteiger partial charge in [-0.2, -0.15) is 0 Å². The van der Waals surface area contributed by atoms with E-state index >= 15 is 0 Å². The zero-order valence-electron chi connectivity index (χ0n) is 15.9. The van der Waals surface area contributed by atoms with Crippen molar-refractivity contribution >= 4 is 17.7 Å². The Bertz CT molecular complexity index is 752. The molecule has 3 rings (SSSR count). The average molecular weight is 388 g/mol. The maximum Gasteiger partial charge on any atom is 0.255 e. The Hall–Kier alpha value is -2.29. The average Bonchev–Trinajstić information content (AvgIpc) is 3.00. The highest BCUT2D eigenvalue weighted by molar-refractivity contribution is 6.05. The van der Waals surface area contributed by atoms with E-state index < -0.39 is 11.9 Å². The molecule has 0 radical (unpaired) electrons. The molecule has 1 saturated heterocycles. The van der Waals surface area contributed by atoms with Crippen LogP contribution in [-0.4, -0.2) is 53.0 Å². The number of benzene rings is 1. The van der Waals surface area contributed by atoms with E-state index in [1.165, 1.54) is 0 Å². The first-order valence-electron chi connectivity index (χ1n) is 9.84. The first-order valence-corrected chi connectivity index (χ1v) is 9.84. The topological polar surface area (TPSA) is 125 Å². The van der Waals surface area contributed by atoms with Gasteiger partial charge in [0.15, 0.2) is 0 Å². The summed E-state index contributed by atoms with van der Waals surface area (Å²) in [5.74, 6) is -0.856. The largest absolute Gasteiger partial charge is 0.395 e. The van der Waals surface area contributed by atoms with Crippen molar-refractivity contribution in [2.24, 2.45) is 5.73 Å². The predicted octanol–water partition coefficient (Wildman–Crippen LogP) is 0.0271. The number of carbonyl (C=O) groups excluding carboxylic acids is 3. The van der Waals surface area contributed by atoms with Crippen molar-refractivity contribution in [2.75, 3.05) is 13.2 Å². The van der Waals surface area contributed by atoms with E-state index in [0.29, 0.717) is 31.6 Å². The number of aliphatic hydroxyl groups is 1. The molecular formula is C20H28N4O4. The molecule has 2 aliphatic rings. The van der Waals surface area contributed by atoms with Gasteiger partial charge in [0.25, 0.3) is 5.91 Å². The molecule has 0 aromatic heterocycles. The van der Waals surface area contributed by atoms with Crippen molar-refractivity contribution in [3.8, 4) is 0 Å². The smallest absolute Gasteiger partial charge is 0.255 e. The van der Waals surface area contributed by atoms with Crippen LogP contribution in [0.15, 0.2) is 18.2 Å². The second-order valence-electron chi connectivity index (χ2n) is 7.44. The molecule has 1 fully saturated rings. The van der Waals surface area contributed by atoms with Crippen LogP contribution in [0.1, 0.15) is 53.6 Å². The van der Waals surface area contributed by atoms with Crippen molar-refractivity contribution in [1.82, 2.24) is 15.5 Å². The lowest BCUT2D eigenvalue weighted by molar-refractivity contribution is -0.136. The third kappa shape index (κ3) is 4.57. The quantitative estimate of drug-likeness (QED) is 0.349. The summed E-state index contributed by atoms with van der Waals surface area (Å²) < 4.78 is 0. The van der Waals surface area contributed by atoms with E-state index in [0.717, 1.165) is 30.4 Å². The lowest BCUT2D eigenvalue weighted by Crippen LogP contribution is -2.52. The third-order valence-electron chi connectivity index (χ3n) is 5.41. The maximum absolute atomic E-state index is 12.7. The molecule has 0 bridgehead atoms.